The first-order valence-electron chi connectivity index (χ1n) is 10.3. The highest BCUT2D eigenvalue weighted by molar-refractivity contribution is 6.05. The number of para-hydroxylation sites is 1. The van der Waals surface area contributed by atoms with Gasteiger partial charge in [-0.25, -0.2) is 4.79 Å². The standard InChI is InChI=1S/C25H23N3O3/c1-16-10-12-18(13-11-16)26-23(29)17-6-5-7-19(14-17)28-24(30)27-21-15-25(28,2)31-22-9-4-3-8-20(21)22/h3-14,21H,15H2,1-2H3,(H,26,29)(H,27,30). The molecular weight excluding hydrogens is 390 g/mol. The summed E-state index contributed by atoms with van der Waals surface area (Å²) in [5, 5.41) is 5.98. The number of ether oxygens (including phenoxy) is 1. The van der Waals surface area contributed by atoms with Crippen molar-refractivity contribution in [1.29, 1.82) is 0 Å². The average Bonchev–Trinajstić information content (AvgIpc) is 2.75. The Morgan fingerprint density at radius 2 is 1.87 bits per heavy atom. The van der Waals surface area contributed by atoms with Crippen molar-refractivity contribution in [3.8, 4) is 5.75 Å². The summed E-state index contributed by atoms with van der Waals surface area (Å²) >= 11 is 0. The molecule has 1 saturated heterocycles. The summed E-state index contributed by atoms with van der Waals surface area (Å²) in [6.45, 7) is 3.91. The Balaban J connectivity index is 1.45. The fourth-order valence-corrected chi connectivity index (χ4v) is 4.34. The highest BCUT2D eigenvalue weighted by Gasteiger charge is 2.49. The Bertz CT molecular complexity index is 1170. The summed E-state index contributed by atoms with van der Waals surface area (Å²) in [4.78, 5) is 27.5. The normalized spacial score (nSPS) is 21.5. The predicted molar refractivity (Wildman–Crippen MR) is 119 cm³/mol. The number of hydrogen-bond acceptors (Lipinski definition) is 3. The van der Waals surface area contributed by atoms with Gasteiger partial charge in [0.05, 0.1) is 11.7 Å². The first-order chi connectivity index (χ1) is 14.9. The van der Waals surface area contributed by atoms with Crippen LogP contribution in [0.3, 0.4) is 0 Å². The van der Waals surface area contributed by atoms with E-state index < -0.39 is 5.72 Å². The van der Waals surface area contributed by atoms with Crippen LogP contribution in [-0.2, 0) is 0 Å². The van der Waals surface area contributed by atoms with E-state index in [9.17, 15) is 9.59 Å². The summed E-state index contributed by atoms with van der Waals surface area (Å²) in [7, 11) is 0. The van der Waals surface area contributed by atoms with E-state index in [0.717, 1.165) is 22.6 Å². The number of urea groups is 1. The van der Waals surface area contributed by atoms with Crippen LogP contribution in [0.2, 0.25) is 0 Å². The Labute approximate surface area is 180 Å². The van der Waals surface area contributed by atoms with Crippen LogP contribution in [-0.4, -0.2) is 17.7 Å². The van der Waals surface area contributed by atoms with E-state index in [1.54, 1.807) is 23.1 Å². The maximum absolute atomic E-state index is 13.1. The molecule has 0 saturated carbocycles. The number of amides is 3. The lowest BCUT2D eigenvalue weighted by atomic mass is 9.90. The molecule has 5 rings (SSSR count). The van der Waals surface area contributed by atoms with Gasteiger partial charge in [-0.15, -0.1) is 0 Å². The highest BCUT2D eigenvalue weighted by Crippen LogP contribution is 2.45. The molecule has 2 heterocycles. The maximum Gasteiger partial charge on any atom is 0.325 e. The molecule has 6 heteroatoms. The first kappa shape index (κ1) is 19.2. The number of anilines is 2. The Kier molecular flexibility index (Phi) is 4.43. The number of benzene rings is 3. The minimum atomic E-state index is -0.854. The number of carbonyl (C=O) groups is 2. The van der Waals surface area contributed by atoms with Gasteiger partial charge in [0.25, 0.3) is 5.91 Å². The van der Waals surface area contributed by atoms with Crippen LogP contribution < -0.4 is 20.3 Å². The van der Waals surface area contributed by atoms with E-state index in [4.69, 9.17) is 4.74 Å². The maximum atomic E-state index is 13.1. The van der Waals surface area contributed by atoms with E-state index in [1.807, 2.05) is 68.4 Å². The van der Waals surface area contributed by atoms with Gasteiger partial charge in [0.2, 0.25) is 0 Å². The number of hydrogen-bond donors (Lipinski definition) is 2. The topological polar surface area (TPSA) is 70.7 Å². The number of rotatable bonds is 3. The van der Waals surface area contributed by atoms with Crippen LogP contribution in [0.25, 0.3) is 0 Å². The second kappa shape index (κ2) is 7.16. The van der Waals surface area contributed by atoms with Crippen LogP contribution in [0.4, 0.5) is 16.2 Å². The summed E-state index contributed by atoms with van der Waals surface area (Å²) in [6.07, 6.45) is 0.607. The lowest BCUT2D eigenvalue weighted by Gasteiger charge is -2.50. The van der Waals surface area contributed by atoms with Gasteiger partial charge in [-0.3, -0.25) is 9.69 Å². The summed E-state index contributed by atoms with van der Waals surface area (Å²) < 4.78 is 6.30. The van der Waals surface area contributed by atoms with E-state index in [2.05, 4.69) is 10.6 Å². The Morgan fingerprint density at radius 3 is 2.68 bits per heavy atom. The molecule has 3 amide bonds. The molecule has 3 aromatic carbocycles. The van der Waals surface area contributed by atoms with Crippen molar-refractivity contribution < 1.29 is 14.3 Å². The molecule has 2 atom stereocenters. The summed E-state index contributed by atoms with van der Waals surface area (Å²) in [5.74, 6) is 0.528. The van der Waals surface area contributed by atoms with Gasteiger partial charge in [-0.1, -0.05) is 42.0 Å². The Morgan fingerprint density at radius 1 is 1.10 bits per heavy atom. The molecular formula is C25H23N3O3. The van der Waals surface area contributed by atoms with Gasteiger partial charge in [-0.05, 0) is 50.2 Å². The van der Waals surface area contributed by atoms with E-state index >= 15 is 0 Å². The molecule has 2 aliphatic rings. The number of nitrogens with zero attached hydrogens (tertiary/aromatic N) is 1. The zero-order valence-corrected chi connectivity index (χ0v) is 17.4. The average molecular weight is 413 g/mol. The second-order valence-corrected chi connectivity index (χ2v) is 8.23. The summed E-state index contributed by atoms with van der Waals surface area (Å²) in [6, 6.07) is 22.1. The van der Waals surface area contributed by atoms with Gasteiger partial charge >= 0.3 is 6.03 Å². The number of nitrogens with one attached hydrogen (secondary N) is 2. The van der Waals surface area contributed by atoms with Crippen LogP contribution >= 0.6 is 0 Å². The number of carbonyl (C=O) groups excluding carboxylic acids is 2. The molecule has 6 nitrogen and oxygen atoms in total. The molecule has 2 N–H and O–H groups in total. The fraction of sp³-hybridized carbons (Fsp3) is 0.200. The molecule has 0 radical (unpaired) electrons. The lowest BCUT2D eigenvalue weighted by Crippen LogP contribution is -2.65. The minimum Gasteiger partial charge on any atom is -0.467 e. The third-order valence-electron chi connectivity index (χ3n) is 5.86. The van der Waals surface area contributed by atoms with Crippen molar-refractivity contribution in [3.05, 3.63) is 89.5 Å². The van der Waals surface area contributed by atoms with E-state index in [-0.39, 0.29) is 18.0 Å². The van der Waals surface area contributed by atoms with Crippen molar-refractivity contribution in [2.45, 2.75) is 32.0 Å². The van der Waals surface area contributed by atoms with Crippen molar-refractivity contribution in [2.24, 2.45) is 0 Å². The van der Waals surface area contributed by atoms with Crippen molar-refractivity contribution in [1.82, 2.24) is 5.32 Å². The van der Waals surface area contributed by atoms with Crippen LogP contribution in [0.1, 0.15) is 40.9 Å². The third kappa shape index (κ3) is 3.40. The highest BCUT2D eigenvalue weighted by atomic mass is 16.5. The molecule has 0 aliphatic carbocycles. The number of aryl methyl sites for hydroxylation is 1. The molecule has 156 valence electrons. The fourth-order valence-electron chi connectivity index (χ4n) is 4.34. The van der Waals surface area contributed by atoms with Gasteiger partial charge in [0.15, 0.2) is 5.72 Å². The molecule has 3 aromatic rings. The largest absolute Gasteiger partial charge is 0.467 e. The predicted octanol–water partition coefficient (Wildman–Crippen LogP) is 5.02. The van der Waals surface area contributed by atoms with Gasteiger partial charge < -0.3 is 15.4 Å². The molecule has 2 aliphatic heterocycles. The van der Waals surface area contributed by atoms with E-state index in [1.165, 1.54) is 0 Å². The smallest absolute Gasteiger partial charge is 0.325 e. The first-order valence-corrected chi connectivity index (χ1v) is 10.3. The number of fused-ring (bicyclic) bond motifs is 4. The van der Waals surface area contributed by atoms with Gasteiger partial charge in [0.1, 0.15) is 5.75 Å². The zero-order chi connectivity index (χ0) is 21.6. The molecule has 2 bridgehead atoms. The van der Waals surface area contributed by atoms with Crippen LogP contribution in [0, 0.1) is 6.92 Å². The van der Waals surface area contributed by atoms with Crippen molar-refractivity contribution in [2.75, 3.05) is 10.2 Å². The Hall–Kier alpha value is -3.80. The lowest BCUT2D eigenvalue weighted by molar-refractivity contribution is 0.0378. The summed E-state index contributed by atoms with van der Waals surface area (Å²) in [5.41, 5.74) is 3.05. The molecule has 1 fully saturated rings. The van der Waals surface area contributed by atoms with Crippen molar-refractivity contribution >= 4 is 23.3 Å². The monoisotopic (exact) mass is 413 g/mol. The third-order valence-corrected chi connectivity index (χ3v) is 5.86. The molecule has 31 heavy (non-hydrogen) atoms. The van der Waals surface area contributed by atoms with Crippen LogP contribution in [0.5, 0.6) is 5.75 Å². The molecule has 0 spiro atoms. The quantitative estimate of drug-likeness (QED) is 0.634. The second-order valence-electron chi connectivity index (χ2n) is 8.23. The molecule has 0 aromatic heterocycles. The SMILES string of the molecule is Cc1ccc(NC(=O)c2cccc(N3C(=O)NC4CC3(C)Oc3ccccc34)c2)cc1. The van der Waals surface area contributed by atoms with Gasteiger partial charge in [-0.2, -0.15) is 0 Å². The van der Waals surface area contributed by atoms with Crippen molar-refractivity contribution in [3.63, 3.8) is 0 Å². The molecule has 2 unspecified atom stereocenters. The van der Waals surface area contributed by atoms with E-state index in [0.29, 0.717) is 17.7 Å². The van der Waals surface area contributed by atoms with Gasteiger partial charge in [0, 0.05) is 23.2 Å². The minimum absolute atomic E-state index is 0.105. The van der Waals surface area contributed by atoms with Crippen LogP contribution in [0.15, 0.2) is 72.8 Å². The zero-order valence-electron chi connectivity index (χ0n) is 17.4.